The Morgan fingerprint density at radius 3 is 1.53 bits per heavy atom. The Balaban J connectivity index is 3.48. The Kier molecular flexibility index (Phi) is 3.16. The fourth-order valence-electron chi connectivity index (χ4n) is 1.57. The molecule has 1 fully saturated rings. The summed E-state index contributed by atoms with van der Waals surface area (Å²) < 4.78 is 103. The predicted molar refractivity (Wildman–Crippen MR) is 44.7 cm³/mol. The molecule has 0 heterocycles. The number of allylic oxidation sites excluding steroid dienone is 1. The number of hydrogen-bond acceptors (Lipinski definition) is 1. The third-order valence-corrected chi connectivity index (χ3v) is 2.77. The van der Waals surface area contributed by atoms with Crippen molar-refractivity contribution in [2.45, 2.75) is 30.6 Å². The second-order valence-electron chi connectivity index (χ2n) is 4.03. The first kappa shape index (κ1) is 15.7. The molecule has 0 aliphatic heterocycles. The van der Waals surface area contributed by atoms with E-state index in [1.54, 1.807) is 0 Å². The molecule has 0 aromatic rings. The van der Waals surface area contributed by atoms with Gasteiger partial charge in [0.05, 0.1) is 0 Å². The van der Waals surface area contributed by atoms with Gasteiger partial charge in [0.25, 0.3) is 0 Å². The second kappa shape index (κ2) is 3.83. The number of aliphatic carboxylic acids is 1. The van der Waals surface area contributed by atoms with Crippen LogP contribution in [-0.2, 0) is 4.79 Å². The largest absolute Gasteiger partial charge is 0.478 e. The summed E-state index contributed by atoms with van der Waals surface area (Å²) >= 11 is 0. The number of carboxylic acid groups (broad SMARTS) is 1. The summed E-state index contributed by atoms with van der Waals surface area (Å²) in [6.07, 6.45) is -0.475. The van der Waals surface area contributed by atoms with Gasteiger partial charge in [0.1, 0.15) is 5.92 Å². The van der Waals surface area contributed by atoms with Gasteiger partial charge in [-0.15, -0.1) is 0 Å². The quantitative estimate of drug-likeness (QED) is 0.628. The predicted octanol–water partition coefficient (Wildman–Crippen LogP) is 3.19. The van der Waals surface area contributed by atoms with Crippen LogP contribution in [0.5, 0.6) is 0 Å². The topological polar surface area (TPSA) is 37.3 Å². The second-order valence-corrected chi connectivity index (χ2v) is 4.03. The Labute approximate surface area is 100 Å². The molecule has 1 saturated carbocycles. The molecule has 0 saturated heterocycles. The van der Waals surface area contributed by atoms with E-state index in [2.05, 4.69) is 0 Å². The van der Waals surface area contributed by atoms with Crippen LogP contribution >= 0.6 is 0 Å². The SMILES string of the molecule is CC(=CC1C(F)(F)C(F)(F)C(F)(F)C1(F)F)C(=O)O. The third kappa shape index (κ3) is 1.71. The number of hydrogen-bond donors (Lipinski definition) is 1. The minimum absolute atomic E-state index is 0.475. The van der Waals surface area contributed by atoms with Crippen LogP contribution in [0.3, 0.4) is 0 Å². The van der Waals surface area contributed by atoms with Gasteiger partial charge in [-0.2, -0.15) is 35.1 Å². The average molecular weight is 298 g/mol. The van der Waals surface area contributed by atoms with Gasteiger partial charge in [-0.25, -0.2) is 4.79 Å². The Morgan fingerprint density at radius 1 is 0.947 bits per heavy atom. The fraction of sp³-hybridized carbons (Fsp3) is 0.667. The van der Waals surface area contributed by atoms with E-state index in [1.807, 2.05) is 0 Å². The first-order valence-electron chi connectivity index (χ1n) is 4.64. The molecular weight excluding hydrogens is 292 g/mol. The highest BCUT2D eigenvalue weighted by Gasteiger charge is 2.92. The zero-order valence-electron chi connectivity index (χ0n) is 9.03. The Morgan fingerprint density at radius 2 is 1.26 bits per heavy atom. The summed E-state index contributed by atoms with van der Waals surface area (Å²) in [5.41, 5.74) is -1.17. The van der Waals surface area contributed by atoms with Crippen molar-refractivity contribution in [1.82, 2.24) is 0 Å². The molecule has 110 valence electrons. The van der Waals surface area contributed by atoms with E-state index in [9.17, 15) is 39.9 Å². The lowest BCUT2D eigenvalue weighted by atomic mass is 9.98. The van der Waals surface area contributed by atoms with Crippen LogP contribution in [0.4, 0.5) is 35.1 Å². The van der Waals surface area contributed by atoms with Crippen molar-refractivity contribution in [2.75, 3.05) is 0 Å². The smallest absolute Gasteiger partial charge is 0.379 e. The molecule has 0 amide bonds. The van der Waals surface area contributed by atoms with Gasteiger partial charge >= 0.3 is 29.7 Å². The highest BCUT2D eigenvalue weighted by atomic mass is 19.4. The normalized spacial score (nSPS) is 28.4. The van der Waals surface area contributed by atoms with Gasteiger partial charge in [0.2, 0.25) is 0 Å². The summed E-state index contributed by atoms with van der Waals surface area (Å²) in [6.45, 7) is 0.545. The lowest BCUT2D eigenvalue weighted by molar-refractivity contribution is -0.303. The molecule has 0 spiro atoms. The molecule has 10 heteroatoms. The van der Waals surface area contributed by atoms with Gasteiger partial charge in [0, 0.05) is 5.57 Å². The molecule has 1 rings (SSSR count). The molecule has 0 radical (unpaired) electrons. The van der Waals surface area contributed by atoms with Crippen molar-refractivity contribution in [3.63, 3.8) is 0 Å². The van der Waals surface area contributed by atoms with Crippen molar-refractivity contribution in [3.8, 4) is 0 Å². The van der Waals surface area contributed by atoms with E-state index in [-0.39, 0.29) is 0 Å². The van der Waals surface area contributed by atoms with Gasteiger partial charge in [-0.3, -0.25) is 0 Å². The maximum atomic E-state index is 13.1. The summed E-state index contributed by atoms with van der Waals surface area (Å²) in [5, 5.41) is 8.31. The molecule has 2 nitrogen and oxygen atoms in total. The molecule has 1 aliphatic carbocycles. The zero-order chi connectivity index (χ0) is 15.4. The van der Waals surface area contributed by atoms with Crippen LogP contribution < -0.4 is 0 Å². The summed E-state index contributed by atoms with van der Waals surface area (Å²) in [5.74, 6) is -30.0. The maximum Gasteiger partial charge on any atom is 0.379 e. The molecule has 1 aliphatic rings. The number of alkyl halides is 8. The first-order chi connectivity index (χ1) is 8.21. The molecule has 1 N–H and O–H groups in total. The van der Waals surface area contributed by atoms with Crippen molar-refractivity contribution >= 4 is 5.97 Å². The summed E-state index contributed by atoms with van der Waals surface area (Å²) in [7, 11) is 0. The molecule has 19 heavy (non-hydrogen) atoms. The summed E-state index contributed by atoms with van der Waals surface area (Å²) in [4.78, 5) is 10.3. The van der Waals surface area contributed by atoms with Crippen LogP contribution in [-0.4, -0.2) is 34.8 Å². The van der Waals surface area contributed by atoms with Crippen LogP contribution in [0.25, 0.3) is 0 Å². The standard InChI is InChI=1S/C9H6F8O2/c1-3(5(18)19)2-4-6(10,11)8(14,15)9(16,17)7(4,12)13/h2,4H,1H3,(H,18,19). The molecule has 0 bridgehead atoms. The van der Waals surface area contributed by atoms with Gasteiger partial charge in [-0.1, -0.05) is 6.08 Å². The summed E-state index contributed by atoms with van der Waals surface area (Å²) in [6, 6.07) is 0. The number of carbonyl (C=O) groups is 1. The van der Waals surface area contributed by atoms with E-state index in [1.165, 1.54) is 0 Å². The van der Waals surface area contributed by atoms with Crippen molar-refractivity contribution in [1.29, 1.82) is 0 Å². The fourth-order valence-corrected chi connectivity index (χ4v) is 1.57. The van der Waals surface area contributed by atoms with Crippen molar-refractivity contribution in [2.24, 2.45) is 5.92 Å². The van der Waals surface area contributed by atoms with Crippen LogP contribution in [0.1, 0.15) is 6.92 Å². The molecule has 0 aromatic heterocycles. The number of rotatable bonds is 2. The van der Waals surface area contributed by atoms with E-state index in [0.29, 0.717) is 6.92 Å². The highest BCUT2D eigenvalue weighted by Crippen LogP contribution is 2.66. The average Bonchev–Trinajstić information content (AvgIpc) is 2.28. The van der Waals surface area contributed by atoms with E-state index in [0.717, 1.165) is 0 Å². The van der Waals surface area contributed by atoms with Crippen molar-refractivity contribution in [3.05, 3.63) is 11.6 Å². The Hall–Kier alpha value is -1.35. The zero-order valence-corrected chi connectivity index (χ0v) is 9.03. The van der Waals surface area contributed by atoms with E-state index >= 15 is 0 Å². The van der Waals surface area contributed by atoms with Crippen LogP contribution in [0.15, 0.2) is 11.6 Å². The van der Waals surface area contributed by atoms with Gasteiger partial charge < -0.3 is 5.11 Å². The molecule has 0 atom stereocenters. The van der Waals surface area contributed by atoms with Crippen molar-refractivity contribution < 1.29 is 45.0 Å². The van der Waals surface area contributed by atoms with Gasteiger partial charge in [-0.05, 0) is 6.92 Å². The Bertz CT molecular complexity index is 414. The monoisotopic (exact) mass is 298 g/mol. The highest BCUT2D eigenvalue weighted by molar-refractivity contribution is 5.85. The van der Waals surface area contributed by atoms with E-state index in [4.69, 9.17) is 5.11 Å². The van der Waals surface area contributed by atoms with Crippen LogP contribution in [0.2, 0.25) is 0 Å². The van der Waals surface area contributed by atoms with E-state index < -0.39 is 47.2 Å². The lowest BCUT2D eigenvalue weighted by Gasteiger charge is -2.23. The van der Waals surface area contributed by atoms with Gasteiger partial charge in [0.15, 0.2) is 0 Å². The lowest BCUT2D eigenvalue weighted by Crippen LogP contribution is -2.51. The molecule has 0 unspecified atom stereocenters. The number of halogens is 8. The maximum absolute atomic E-state index is 13.1. The molecular formula is C9H6F8O2. The number of carboxylic acids is 1. The minimum Gasteiger partial charge on any atom is -0.478 e. The van der Waals surface area contributed by atoms with Crippen LogP contribution in [0, 0.1) is 5.92 Å². The molecule has 0 aromatic carbocycles. The first-order valence-corrected chi connectivity index (χ1v) is 4.64. The minimum atomic E-state index is -6.29. The third-order valence-electron chi connectivity index (χ3n) is 2.77.